The number of imidazole rings is 1. The Labute approximate surface area is 86.2 Å². The summed E-state index contributed by atoms with van der Waals surface area (Å²) in [6.45, 7) is 0. The third kappa shape index (κ3) is 1.58. The van der Waals surface area contributed by atoms with Gasteiger partial charge < -0.3 is 5.11 Å². The molecule has 0 aliphatic carbocycles. The molecule has 0 fully saturated rings. The Balaban J connectivity index is 2.68. The number of alkyl halides is 3. The molecule has 2 rings (SSSR count). The minimum Gasteiger partial charge on any atom is -0.477 e. The SMILES string of the molecule is O=C(O)c1cnc2ncc(C(F)(F)F)cn12. The summed E-state index contributed by atoms with van der Waals surface area (Å²) in [5.74, 6) is -1.46. The number of rotatable bonds is 1. The molecule has 0 aliphatic rings. The summed E-state index contributed by atoms with van der Waals surface area (Å²) in [6, 6.07) is 0. The summed E-state index contributed by atoms with van der Waals surface area (Å²) >= 11 is 0. The lowest BCUT2D eigenvalue weighted by molar-refractivity contribution is -0.138. The number of carboxylic acids is 1. The van der Waals surface area contributed by atoms with Crippen molar-refractivity contribution in [2.24, 2.45) is 0 Å². The Morgan fingerprint density at radius 3 is 2.50 bits per heavy atom. The Morgan fingerprint density at radius 2 is 1.94 bits per heavy atom. The van der Waals surface area contributed by atoms with E-state index in [-0.39, 0.29) is 11.5 Å². The zero-order valence-electron chi connectivity index (χ0n) is 7.56. The van der Waals surface area contributed by atoms with Crippen molar-refractivity contribution in [3.63, 3.8) is 0 Å². The molecule has 1 N–H and O–H groups in total. The fourth-order valence-corrected chi connectivity index (χ4v) is 1.18. The monoisotopic (exact) mass is 231 g/mol. The van der Waals surface area contributed by atoms with Crippen LogP contribution >= 0.6 is 0 Å². The van der Waals surface area contributed by atoms with Crippen LogP contribution in [0.15, 0.2) is 18.6 Å². The molecule has 16 heavy (non-hydrogen) atoms. The molecular weight excluding hydrogens is 227 g/mol. The normalized spacial score (nSPS) is 11.9. The van der Waals surface area contributed by atoms with Crippen LogP contribution in [0.4, 0.5) is 13.2 Å². The first-order chi connectivity index (χ1) is 7.39. The van der Waals surface area contributed by atoms with Crippen LogP contribution in [0.5, 0.6) is 0 Å². The second-order valence-corrected chi connectivity index (χ2v) is 2.96. The van der Waals surface area contributed by atoms with E-state index in [0.717, 1.165) is 10.6 Å². The average molecular weight is 231 g/mol. The van der Waals surface area contributed by atoms with Gasteiger partial charge in [-0.15, -0.1) is 0 Å². The Kier molecular flexibility index (Phi) is 2.07. The largest absolute Gasteiger partial charge is 0.477 e. The molecule has 5 nitrogen and oxygen atoms in total. The van der Waals surface area contributed by atoms with Crippen molar-refractivity contribution in [1.82, 2.24) is 14.4 Å². The van der Waals surface area contributed by atoms with Crippen molar-refractivity contribution < 1.29 is 23.1 Å². The molecule has 0 atom stereocenters. The highest BCUT2D eigenvalue weighted by atomic mass is 19.4. The van der Waals surface area contributed by atoms with Crippen molar-refractivity contribution in [3.8, 4) is 0 Å². The molecule has 0 radical (unpaired) electrons. The average Bonchev–Trinajstić information content (AvgIpc) is 2.58. The van der Waals surface area contributed by atoms with Crippen LogP contribution in [0.3, 0.4) is 0 Å². The van der Waals surface area contributed by atoms with Gasteiger partial charge in [-0.05, 0) is 0 Å². The first kappa shape index (κ1) is 10.4. The lowest BCUT2D eigenvalue weighted by Gasteiger charge is -2.06. The number of hydrogen-bond acceptors (Lipinski definition) is 3. The van der Waals surface area contributed by atoms with E-state index >= 15 is 0 Å². The highest BCUT2D eigenvalue weighted by Gasteiger charge is 2.32. The molecule has 2 heterocycles. The molecule has 0 aliphatic heterocycles. The van der Waals surface area contributed by atoms with E-state index in [9.17, 15) is 18.0 Å². The first-order valence-corrected chi connectivity index (χ1v) is 4.03. The van der Waals surface area contributed by atoms with Crippen LogP contribution in [0.25, 0.3) is 5.78 Å². The predicted octanol–water partition coefficient (Wildman–Crippen LogP) is 1.45. The lowest BCUT2D eigenvalue weighted by atomic mass is 10.3. The number of halogens is 3. The number of carbonyl (C=O) groups is 1. The molecule has 0 saturated carbocycles. The zero-order valence-corrected chi connectivity index (χ0v) is 7.56. The standard InChI is InChI=1S/C8H4F3N3O2/c9-8(10,11)4-1-12-7-13-2-5(6(15)16)14(7)3-4/h1-3H,(H,15,16). The van der Waals surface area contributed by atoms with Gasteiger partial charge in [0.05, 0.1) is 11.8 Å². The van der Waals surface area contributed by atoms with Gasteiger partial charge in [-0.3, -0.25) is 4.40 Å². The number of aromatic nitrogens is 3. The summed E-state index contributed by atoms with van der Waals surface area (Å²) in [5, 5.41) is 8.70. The maximum Gasteiger partial charge on any atom is 0.419 e. The second kappa shape index (κ2) is 3.19. The maximum absolute atomic E-state index is 12.3. The molecular formula is C8H4F3N3O2. The number of carboxylic acid groups (broad SMARTS) is 1. The fourth-order valence-electron chi connectivity index (χ4n) is 1.18. The van der Waals surface area contributed by atoms with E-state index in [2.05, 4.69) is 9.97 Å². The van der Waals surface area contributed by atoms with E-state index in [1.54, 1.807) is 0 Å². The molecule has 0 saturated heterocycles. The van der Waals surface area contributed by atoms with Crippen molar-refractivity contribution in [2.45, 2.75) is 6.18 Å². The zero-order chi connectivity index (χ0) is 11.9. The van der Waals surface area contributed by atoms with E-state index in [1.165, 1.54) is 0 Å². The summed E-state index contributed by atoms with van der Waals surface area (Å²) in [5.41, 5.74) is -1.39. The summed E-state index contributed by atoms with van der Waals surface area (Å²) in [4.78, 5) is 17.7. The lowest BCUT2D eigenvalue weighted by Crippen LogP contribution is -2.09. The topological polar surface area (TPSA) is 67.5 Å². The molecule has 8 heteroatoms. The highest BCUT2D eigenvalue weighted by molar-refractivity contribution is 5.86. The molecule has 2 aromatic heterocycles. The van der Waals surface area contributed by atoms with Crippen LogP contribution in [0, 0.1) is 0 Å². The molecule has 0 amide bonds. The van der Waals surface area contributed by atoms with Crippen molar-refractivity contribution in [2.75, 3.05) is 0 Å². The van der Waals surface area contributed by atoms with Gasteiger partial charge in [0, 0.05) is 12.4 Å². The molecule has 0 unspecified atom stereocenters. The van der Waals surface area contributed by atoms with Crippen LogP contribution in [0.1, 0.15) is 16.1 Å². The summed E-state index contributed by atoms with van der Waals surface area (Å²) in [6.07, 6.45) is -2.36. The van der Waals surface area contributed by atoms with Gasteiger partial charge >= 0.3 is 12.1 Å². The minimum atomic E-state index is -4.57. The van der Waals surface area contributed by atoms with Crippen LogP contribution in [0.2, 0.25) is 0 Å². The number of hydrogen-bond donors (Lipinski definition) is 1. The van der Waals surface area contributed by atoms with Crippen LogP contribution in [-0.4, -0.2) is 25.4 Å². The Morgan fingerprint density at radius 1 is 1.31 bits per heavy atom. The van der Waals surface area contributed by atoms with Gasteiger partial charge in [-0.1, -0.05) is 0 Å². The van der Waals surface area contributed by atoms with E-state index in [0.29, 0.717) is 12.4 Å². The molecule has 84 valence electrons. The minimum absolute atomic E-state index is 0.0922. The summed E-state index contributed by atoms with van der Waals surface area (Å²) in [7, 11) is 0. The first-order valence-electron chi connectivity index (χ1n) is 4.03. The van der Waals surface area contributed by atoms with Gasteiger partial charge in [0.15, 0.2) is 5.69 Å². The van der Waals surface area contributed by atoms with E-state index in [4.69, 9.17) is 5.11 Å². The number of fused-ring (bicyclic) bond motifs is 1. The third-order valence-corrected chi connectivity index (χ3v) is 1.91. The fraction of sp³-hybridized carbons (Fsp3) is 0.125. The second-order valence-electron chi connectivity index (χ2n) is 2.96. The van der Waals surface area contributed by atoms with Gasteiger partial charge in [-0.25, -0.2) is 14.8 Å². The number of aromatic carboxylic acids is 1. The van der Waals surface area contributed by atoms with Gasteiger partial charge in [0.2, 0.25) is 5.78 Å². The molecule has 0 aromatic carbocycles. The van der Waals surface area contributed by atoms with Crippen molar-refractivity contribution >= 4 is 11.7 Å². The van der Waals surface area contributed by atoms with Crippen molar-refractivity contribution in [1.29, 1.82) is 0 Å². The van der Waals surface area contributed by atoms with Gasteiger partial charge in [0.25, 0.3) is 0 Å². The quantitative estimate of drug-likeness (QED) is 0.806. The maximum atomic E-state index is 12.3. The van der Waals surface area contributed by atoms with Crippen molar-refractivity contribution in [3.05, 3.63) is 29.8 Å². The van der Waals surface area contributed by atoms with Gasteiger partial charge in [0.1, 0.15) is 0 Å². The smallest absolute Gasteiger partial charge is 0.419 e. The predicted molar refractivity (Wildman–Crippen MR) is 44.9 cm³/mol. The summed E-state index contributed by atoms with van der Waals surface area (Å²) < 4.78 is 37.8. The van der Waals surface area contributed by atoms with E-state index in [1.807, 2.05) is 0 Å². The van der Waals surface area contributed by atoms with Crippen LogP contribution < -0.4 is 0 Å². The highest BCUT2D eigenvalue weighted by Crippen LogP contribution is 2.28. The molecule has 0 spiro atoms. The van der Waals surface area contributed by atoms with E-state index < -0.39 is 17.7 Å². The Bertz CT molecular complexity index is 561. The Hall–Kier alpha value is -2.12. The number of nitrogens with zero attached hydrogens (tertiary/aromatic N) is 3. The van der Waals surface area contributed by atoms with Gasteiger partial charge in [-0.2, -0.15) is 13.2 Å². The van der Waals surface area contributed by atoms with Crippen LogP contribution in [-0.2, 0) is 6.18 Å². The molecule has 2 aromatic rings. The third-order valence-electron chi connectivity index (χ3n) is 1.91. The molecule has 0 bridgehead atoms.